The number of aromatic nitrogens is 1. The third-order valence-corrected chi connectivity index (χ3v) is 2.59. The molecule has 0 aliphatic heterocycles. The molecule has 0 aliphatic rings. The Balaban J connectivity index is 0.000000688. The lowest BCUT2D eigenvalue weighted by molar-refractivity contribution is -0.874. The monoisotopic (exact) mass is 350 g/mol. The van der Waals surface area contributed by atoms with Crippen molar-refractivity contribution in [3.63, 3.8) is 0 Å². The lowest BCUT2D eigenvalue weighted by Crippen LogP contribution is -2.44. The van der Waals surface area contributed by atoms with Gasteiger partial charge in [-0.25, -0.2) is 8.42 Å². The highest BCUT2D eigenvalue weighted by molar-refractivity contribution is 7.80. The summed E-state index contributed by atoms with van der Waals surface area (Å²) in [5.41, 5.74) is 0.366. The second kappa shape index (κ2) is 8.65. The van der Waals surface area contributed by atoms with E-state index in [1.165, 1.54) is 11.8 Å². The topological polar surface area (TPSA) is 118 Å². The third-order valence-electron chi connectivity index (χ3n) is 2.18. The van der Waals surface area contributed by atoms with Gasteiger partial charge >= 0.3 is 11.9 Å². The summed E-state index contributed by atoms with van der Waals surface area (Å²) in [7, 11) is -2.08. The molecule has 0 saturated heterocycles. The molecule has 9 nitrogen and oxygen atoms in total. The molecule has 10 heteroatoms. The van der Waals surface area contributed by atoms with E-state index in [0.29, 0.717) is 5.82 Å². The first-order valence-electron chi connectivity index (χ1n) is 6.47. The van der Waals surface area contributed by atoms with Crippen LogP contribution in [0.15, 0.2) is 18.3 Å². The van der Waals surface area contributed by atoms with Gasteiger partial charge in [0, 0.05) is 5.56 Å². The third kappa shape index (κ3) is 9.66. The van der Waals surface area contributed by atoms with Crippen molar-refractivity contribution in [3.8, 4) is 0 Å². The van der Waals surface area contributed by atoms with E-state index in [1.807, 2.05) is 39.8 Å². The summed E-state index contributed by atoms with van der Waals surface area (Å²) in [5.74, 6) is 0.559. The maximum absolute atomic E-state index is 11.6. The number of carbonyl (C=O) groups excluding carboxylic acids is 1. The highest BCUT2D eigenvalue weighted by Gasteiger charge is 2.23. The van der Waals surface area contributed by atoms with Crippen LogP contribution in [-0.2, 0) is 19.3 Å². The van der Waals surface area contributed by atoms with Gasteiger partial charge in [-0.15, -0.1) is 0 Å². The van der Waals surface area contributed by atoms with Gasteiger partial charge in [0.15, 0.2) is 0 Å². The van der Waals surface area contributed by atoms with Crippen LogP contribution in [0.1, 0.15) is 26.3 Å². The second-order valence-electron chi connectivity index (χ2n) is 5.25. The van der Waals surface area contributed by atoms with Crippen LogP contribution < -0.4 is 14.9 Å². The van der Waals surface area contributed by atoms with Crippen molar-refractivity contribution in [2.75, 3.05) is 19.5 Å². The average molecular weight is 350 g/mol. The largest absolute Gasteiger partial charge is 0.726 e. The number of amides is 1. The summed E-state index contributed by atoms with van der Waals surface area (Å²) in [4.78, 5) is 16.7. The molecule has 0 radical (unpaired) electrons. The molecule has 0 fully saturated rings. The number of nitrogens with zero attached hydrogens (tertiary/aromatic N) is 1. The highest BCUT2D eigenvalue weighted by Crippen LogP contribution is 2.11. The maximum Gasteiger partial charge on any atom is 0.505 e. The van der Waals surface area contributed by atoms with Gasteiger partial charge < -0.3 is 14.1 Å². The van der Waals surface area contributed by atoms with E-state index in [9.17, 15) is 17.8 Å². The Morgan fingerprint density at radius 2 is 1.83 bits per heavy atom. The quantitative estimate of drug-likeness (QED) is 0.486. The molecule has 1 aromatic rings. The van der Waals surface area contributed by atoms with Crippen molar-refractivity contribution in [1.82, 2.24) is 0 Å². The van der Waals surface area contributed by atoms with Crippen molar-refractivity contribution in [1.29, 1.82) is 0 Å². The van der Waals surface area contributed by atoms with Crippen LogP contribution in [0.2, 0.25) is 0 Å². The van der Waals surface area contributed by atoms with Crippen molar-refractivity contribution in [2.45, 2.75) is 33.3 Å². The molecule has 0 atom stereocenters. The van der Waals surface area contributed by atoms with Crippen LogP contribution in [0.4, 0.5) is 10.6 Å². The fourth-order valence-corrected chi connectivity index (χ4v) is 1.30. The van der Waals surface area contributed by atoms with Crippen molar-refractivity contribution in [3.05, 3.63) is 23.9 Å². The highest BCUT2D eigenvalue weighted by atomic mass is 32.3. The molecule has 1 N–H and O–H groups in total. The second-order valence-corrected chi connectivity index (χ2v) is 6.40. The standard InChI is InChI=1S/C12H18N2O3.CH4O4S/c1-9-7-6-8-14(16-5)10(9)13-11(15)17-12(2,3)4;1-5-6(2,3)4/h6-8H,1-5H3;1H3,(H,2,3,4). The Labute approximate surface area is 136 Å². The van der Waals surface area contributed by atoms with Gasteiger partial charge in [-0.05, 0) is 44.6 Å². The Kier molecular flexibility index (Phi) is 7.93. The van der Waals surface area contributed by atoms with Gasteiger partial charge in [0.2, 0.25) is 10.4 Å². The molecular formula is C13H22N2O7S. The van der Waals surface area contributed by atoms with Gasteiger partial charge in [-0.1, -0.05) is 0 Å². The Morgan fingerprint density at radius 3 is 2.22 bits per heavy atom. The fraction of sp³-hybridized carbons (Fsp3) is 0.538. The maximum atomic E-state index is 11.6. The van der Waals surface area contributed by atoms with E-state index in [2.05, 4.69) is 9.50 Å². The van der Waals surface area contributed by atoms with E-state index < -0.39 is 22.1 Å². The van der Waals surface area contributed by atoms with Crippen LogP contribution in [0.3, 0.4) is 0 Å². The minimum atomic E-state index is -4.41. The first kappa shape index (κ1) is 21.1. The van der Waals surface area contributed by atoms with Gasteiger partial charge in [-0.3, -0.25) is 4.18 Å². The predicted molar refractivity (Wildman–Crippen MR) is 80.4 cm³/mol. The van der Waals surface area contributed by atoms with Crippen molar-refractivity contribution in [2.24, 2.45) is 0 Å². The van der Waals surface area contributed by atoms with Crippen molar-refractivity contribution >= 4 is 22.3 Å². The van der Waals surface area contributed by atoms with Crippen LogP contribution in [0.25, 0.3) is 0 Å². The zero-order valence-corrected chi connectivity index (χ0v) is 14.8. The summed E-state index contributed by atoms with van der Waals surface area (Å²) < 4.78 is 37.7. The SMILES string of the molecule is COS(=O)(=O)[O-].CO[n+]1cccc(C)c1NC(=O)OC(C)(C)C. The van der Waals surface area contributed by atoms with Crippen LogP contribution in [0, 0.1) is 6.92 Å². The summed E-state index contributed by atoms with van der Waals surface area (Å²) in [6.07, 6.45) is 1.21. The summed E-state index contributed by atoms with van der Waals surface area (Å²) >= 11 is 0. The molecule has 23 heavy (non-hydrogen) atoms. The molecule has 0 aliphatic carbocycles. The van der Waals surface area contributed by atoms with Gasteiger partial charge in [-0.2, -0.15) is 10.1 Å². The van der Waals surface area contributed by atoms with Crippen LogP contribution in [-0.4, -0.2) is 38.9 Å². The zero-order chi connectivity index (χ0) is 18.3. The average Bonchev–Trinajstić information content (AvgIpc) is 2.39. The number of aryl methyl sites for hydroxylation is 1. The first-order valence-corrected chi connectivity index (χ1v) is 7.80. The van der Waals surface area contributed by atoms with E-state index >= 15 is 0 Å². The molecule has 1 rings (SSSR count). The van der Waals surface area contributed by atoms with E-state index in [-0.39, 0.29) is 0 Å². The number of ether oxygens (including phenoxy) is 1. The zero-order valence-electron chi connectivity index (χ0n) is 13.9. The minimum Gasteiger partial charge on any atom is -0.726 e. The minimum absolute atomic E-state index is 0.502. The smallest absolute Gasteiger partial charge is 0.505 e. The lowest BCUT2D eigenvalue weighted by Gasteiger charge is -2.17. The van der Waals surface area contributed by atoms with Gasteiger partial charge in [0.1, 0.15) is 18.9 Å². The number of hydrogen-bond donors (Lipinski definition) is 1. The molecule has 1 amide bonds. The molecule has 0 aromatic carbocycles. The van der Waals surface area contributed by atoms with E-state index in [1.54, 1.807) is 6.20 Å². The summed E-state index contributed by atoms with van der Waals surface area (Å²) in [5, 5.41) is 2.66. The molecule has 0 saturated carbocycles. The predicted octanol–water partition coefficient (Wildman–Crippen LogP) is 0.781. The lowest BCUT2D eigenvalue weighted by atomic mass is 10.2. The number of carbonyl (C=O) groups is 1. The molecule has 0 unspecified atom stereocenters. The molecule has 132 valence electrons. The summed E-state index contributed by atoms with van der Waals surface area (Å²) in [6, 6.07) is 3.71. The number of anilines is 1. The summed E-state index contributed by atoms with van der Waals surface area (Å²) in [6.45, 7) is 7.32. The van der Waals surface area contributed by atoms with Gasteiger partial charge in [0.25, 0.3) is 0 Å². The number of rotatable bonds is 3. The van der Waals surface area contributed by atoms with E-state index in [0.717, 1.165) is 12.7 Å². The van der Waals surface area contributed by atoms with Gasteiger partial charge in [0.05, 0.1) is 7.11 Å². The van der Waals surface area contributed by atoms with Crippen molar-refractivity contribution < 1.29 is 36.3 Å². The molecular weight excluding hydrogens is 328 g/mol. The fourth-order valence-electron chi connectivity index (χ4n) is 1.30. The Bertz CT molecular complexity index is 624. The van der Waals surface area contributed by atoms with E-state index in [4.69, 9.17) is 9.57 Å². The van der Waals surface area contributed by atoms with Crippen LogP contribution >= 0.6 is 0 Å². The number of nitrogens with one attached hydrogen (secondary N) is 1. The molecule has 1 heterocycles. The molecule has 1 aromatic heterocycles. The first-order chi connectivity index (χ1) is 10.4. The molecule has 0 spiro atoms. The number of hydrogen-bond acceptors (Lipinski definition) is 7. The Morgan fingerprint density at radius 1 is 1.30 bits per heavy atom. The Hall–Kier alpha value is -1.91. The normalized spacial score (nSPS) is 11.1. The van der Waals surface area contributed by atoms with Crippen LogP contribution in [0.5, 0.6) is 0 Å². The molecule has 0 bridgehead atoms. The number of pyridine rings is 1.